The maximum absolute atomic E-state index is 14.1. The van der Waals surface area contributed by atoms with E-state index in [9.17, 15) is 4.39 Å². The number of nitrogens with zero attached hydrogens (tertiary/aromatic N) is 3. The predicted octanol–water partition coefficient (Wildman–Crippen LogP) is 3.54. The Balaban J connectivity index is 1.72. The smallest absolute Gasteiger partial charge is 0.149 e. The SMILES string of the molecule is CN(C)C1CC(C2CC2)CN(c2ccc(F)c3ncccc23)C1. The topological polar surface area (TPSA) is 19.4 Å². The minimum atomic E-state index is -0.232. The highest BCUT2D eigenvalue weighted by molar-refractivity contribution is 5.92. The minimum absolute atomic E-state index is 0.232. The summed E-state index contributed by atoms with van der Waals surface area (Å²) in [5.41, 5.74) is 1.62. The van der Waals surface area contributed by atoms with Crippen molar-refractivity contribution in [3.8, 4) is 0 Å². The standard InChI is InChI=1S/C19H24FN3/c1-22(2)15-10-14(13-5-6-13)11-23(12-15)18-8-7-17(20)19-16(18)4-3-9-21-19/h3-4,7-9,13-15H,5-6,10-12H2,1-2H3. The normalized spacial score (nSPS) is 25.3. The van der Waals surface area contributed by atoms with Crippen LogP contribution in [0.1, 0.15) is 19.3 Å². The molecule has 2 aromatic rings. The lowest BCUT2D eigenvalue weighted by Gasteiger charge is -2.42. The van der Waals surface area contributed by atoms with Crippen molar-refractivity contribution in [2.75, 3.05) is 32.1 Å². The van der Waals surface area contributed by atoms with Crippen molar-refractivity contribution in [1.82, 2.24) is 9.88 Å². The average Bonchev–Trinajstić information content (AvgIpc) is 3.40. The predicted molar refractivity (Wildman–Crippen MR) is 92.2 cm³/mol. The van der Waals surface area contributed by atoms with E-state index in [1.54, 1.807) is 12.3 Å². The van der Waals surface area contributed by atoms with Crippen LogP contribution in [0.2, 0.25) is 0 Å². The van der Waals surface area contributed by atoms with Gasteiger partial charge in [0.15, 0.2) is 0 Å². The molecule has 0 spiro atoms. The number of piperidine rings is 1. The maximum atomic E-state index is 14.1. The van der Waals surface area contributed by atoms with Gasteiger partial charge in [-0.05, 0) is 69.5 Å². The van der Waals surface area contributed by atoms with Crippen LogP contribution in [0, 0.1) is 17.7 Å². The van der Waals surface area contributed by atoms with Gasteiger partial charge >= 0.3 is 0 Å². The molecule has 3 nitrogen and oxygen atoms in total. The van der Waals surface area contributed by atoms with Gasteiger partial charge in [0, 0.05) is 36.4 Å². The fourth-order valence-corrected chi connectivity index (χ4v) is 3.99. The number of benzene rings is 1. The lowest BCUT2D eigenvalue weighted by molar-refractivity contribution is 0.207. The molecule has 0 bridgehead atoms. The number of hydrogen-bond acceptors (Lipinski definition) is 3. The number of fused-ring (bicyclic) bond motifs is 1. The van der Waals surface area contributed by atoms with E-state index in [-0.39, 0.29) is 5.82 Å². The van der Waals surface area contributed by atoms with Crippen LogP contribution in [-0.2, 0) is 0 Å². The van der Waals surface area contributed by atoms with Gasteiger partial charge < -0.3 is 9.80 Å². The van der Waals surface area contributed by atoms with Crippen LogP contribution in [0.25, 0.3) is 10.9 Å². The summed E-state index contributed by atoms with van der Waals surface area (Å²) in [6, 6.07) is 7.95. The van der Waals surface area contributed by atoms with Crippen LogP contribution in [0.4, 0.5) is 10.1 Å². The summed E-state index contributed by atoms with van der Waals surface area (Å²) in [6.45, 7) is 2.09. The number of aromatic nitrogens is 1. The average molecular weight is 313 g/mol. The van der Waals surface area contributed by atoms with Gasteiger partial charge in [0.25, 0.3) is 0 Å². The van der Waals surface area contributed by atoms with Crippen LogP contribution in [0.5, 0.6) is 0 Å². The molecule has 4 rings (SSSR count). The molecular weight excluding hydrogens is 289 g/mol. The van der Waals surface area contributed by atoms with Crippen LogP contribution < -0.4 is 4.90 Å². The summed E-state index contributed by atoms with van der Waals surface area (Å²) >= 11 is 0. The molecule has 1 aromatic heterocycles. The van der Waals surface area contributed by atoms with Crippen LogP contribution in [0.15, 0.2) is 30.5 Å². The molecule has 1 saturated heterocycles. The Kier molecular flexibility index (Phi) is 3.72. The lowest BCUT2D eigenvalue weighted by Crippen LogP contribution is -2.49. The maximum Gasteiger partial charge on any atom is 0.149 e. The molecule has 4 heteroatoms. The van der Waals surface area contributed by atoms with Crippen LogP contribution >= 0.6 is 0 Å². The summed E-state index contributed by atoms with van der Waals surface area (Å²) in [4.78, 5) is 9.04. The first-order valence-electron chi connectivity index (χ1n) is 8.58. The molecule has 0 amide bonds. The molecule has 2 unspecified atom stereocenters. The third-order valence-corrected chi connectivity index (χ3v) is 5.52. The molecule has 1 aliphatic carbocycles. The lowest BCUT2D eigenvalue weighted by atomic mass is 9.89. The Bertz CT molecular complexity index is 701. The summed E-state index contributed by atoms with van der Waals surface area (Å²) in [5, 5.41) is 0.932. The van der Waals surface area contributed by atoms with E-state index in [0.717, 1.165) is 36.0 Å². The van der Waals surface area contributed by atoms with E-state index in [1.165, 1.54) is 19.3 Å². The molecule has 1 aliphatic heterocycles. The highest BCUT2D eigenvalue weighted by Gasteiger charge is 2.38. The molecule has 2 fully saturated rings. The van der Waals surface area contributed by atoms with Gasteiger partial charge in [-0.2, -0.15) is 0 Å². The van der Waals surface area contributed by atoms with E-state index < -0.39 is 0 Å². The highest BCUT2D eigenvalue weighted by Crippen LogP contribution is 2.43. The summed E-state index contributed by atoms with van der Waals surface area (Å²) in [6.07, 6.45) is 5.71. The molecule has 122 valence electrons. The van der Waals surface area contributed by atoms with Crippen molar-refractivity contribution >= 4 is 16.6 Å². The Morgan fingerprint density at radius 1 is 1.13 bits per heavy atom. The van der Waals surface area contributed by atoms with E-state index >= 15 is 0 Å². The van der Waals surface area contributed by atoms with Crippen molar-refractivity contribution in [1.29, 1.82) is 0 Å². The number of rotatable bonds is 3. The fraction of sp³-hybridized carbons (Fsp3) is 0.526. The second kappa shape index (κ2) is 5.75. The van der Waals surface area contributed by atoms with Crippen molar-refractivity contribution in [2.45, 2.75) is 25.3 Å². The molecule has 23 heavy (non-hydrogen) atoms. The summed E-state index contributed by atoms with van der Waals surface area (Å²) < 4.78 is 14.1. The second-order valence-electron chi connectivity index (χ2n) is 7.32. The van der Waals surface area contributed by atoms with Gasteiger partial charge in [-0.25, -0.2) is 4.39 Å². The van der Waals surface area contributed by atoms with E-state index in [1.807, 2.05) is 18.2 Å². The van der Waals surface area contributed by atoms with E-state index in [0.29, 0.717) is 11.6 Å². The van der Waals surface area contributed by atoms with Crippen LogP contribution in [-0.4, -0.2) is 43.1 Å². The first-order valence-corrected chi connectivity index (χ1v) is 8.58. The monoisotopic (exact) mass is 313 g/mol. The summed E-state index contributed by atoms with van der Waals surface area (Å²) in [5.74, 6) is 1.42. The molecule has 0 N–H and O–H groups in total. The van der Waals surface area contributed by atoms with Crippen molar-refractivity contribution in [3.63, 3.8) is 0 Å². The Morgan fingerprint density at radius 3 is 2.70 bits per heavy atom. The third kappa shape index (κ3) is 2.80. The molecule has 0 radical (unpaired) electrons. The van der Waals surface area contributed by atoms with Gasteiger partial charge in [-0.3, -0.25) is 4.98 Å². The molecule has 2 atom stereocenters. The Morgan fingerprint density at radius 2 is 1.96 bits per heavy atom. The van der Waals surface area contributed by atoms with Gasteiger partial charge in [-0.1, -0.05) is 0 Å². The zero-order valence-corrected chi connectivity index (χ0v) is 13.9. The molecule has 2 aliphatic rings. The van der Waals surface area contributed by atoms with Crippen molar-refractivity contribution < 1.29 is 4.39 Å². The summed E-state index contributed by atoms with van der Waals surface area (Å²) in [7, 11) is 4.34. The zero-order chi connectivity index (χ0) is 16.0. The van der Waals surface area contributed by atoms with Crippen molar-refractivity contribution in [2.24, 2.45) is 11.8 Å². The highest BCUT2D eigenvalue weighted by atomic mass is 19.1. The number of anilines is 1. The first kappa shape index (κ1) is 14.9. The van der Waals surface area contributed by atoms with E-state index in [4.69, 9.17) is 0 Å². The molecule has 1 saturated carbocycles. The Labute approximate surface area is 137 Å². The largest absolute Gasteiger partial charge is 0.369 e. The quantitative estimate of drug-likeness (QED) is 0.864. The second-order valence-corrected chi connectivity index (χ2v) is 7.32. The zero-order valence-electron chi connectivity index (χ0n) is 13.9. The van der Waals surface area contributed by atoms with Gasteiger partial charge in [0.05, 0.1) is 0 Å². The Hall–Kier alpha value is -1.68. The number of hydrogen-bond donors (Lipinski definition) is 0. The number of halogens is 1. The van der Waals surface area contributed by atoms with Gasteiger partial charge in [0.2, 0.25) is 0 Å². The molecule has 1 aromatic carbocycles. The van der Waals surface area contributed by atoms with E-state index in [2.05, 4.69) is 28.9 Å². The fourth-order valence-electron chi connectivity index (χ4n) is 3.99. The number of likely N-dealkylation sites (N-methyl/N-ethyl adjacent to an activating group) is 1. The first-order chi connectivity index (χ1) is 11.1. The third-order valence-electron chi connectivity index (χ3n) is 5.52. The molecule has 2 heterocycles. The van der Waals surface area contributed by atoms with Crippen molar-refractivity contribution in [3.05, 3.63) is 36.3 Å². The van der Waals surface area contributed by atoms with Crippen LogP contribution in [0.3, 0.4) is 0 Å². The number of pyridine rings is 1. The minimum Gasteiger partial charge on any atom is -0.369 e. The van der Waals surface area contributed by atoms with Gasteiger partial charge in [0.1, 0.15) is 11.3 Å². The molecular formula is C19H24FN3. The van der Waals surface area contributed by atoms with Gasteiger partial charge in [-0.15, -0.1) is 0 Å².